The predicted molar refractivity (Wildman–Crippen MR) is 114 cm³/mol. The zero-order valence-electron chi connectivity index (χ0n) is 17.5. The van der Waals surface area contributed by atoms with Crippen LogP contribution in [0.2, 0.25) is 0 Å². The second kappa shape index (κ2) is 10.9. The van der Waals surface area contributed by atoms with E-state index in [-0.39, 0.29) is 37.4 Å². The third-order valence-electron chi connectivity index (χ3n) is 4.76. The van der Waals surface area contributed by atoms with Gasteiger partial charge in [0.1, 0.15) is 12.1 Å². The topological polar surface area (TPSA) is 149 Å². The van der Waals surface area contributed by atoms with Crippen molar-refractivity contribution in [3.63, 3.8) is 0 Å². The van der Waals surface area contributed by atoms with Gasteiger partial charge in [-0.25, -0.2) is 9.97 Å². The number of esters is 1. The minimum absolute atomic E-state index is 0.0660. The minimum atomic E-state index is -0.627. The smallest absolute Gasteiger partial charge is 0.355 e. The van der Waals surface area contributed by atoms with Crippen molar-refractivity contribution in [3.05, 3.63) is 46.8 Å². The third kappa shape index (κ3) is 5.80. The number of rotatable bonds is 9. The lowest BCUT2D eigenvalue weighted by Crippen LogP contribution is -2.40. The van der Waals surface area contributed by atoms with Crippen LogP contribution < -0.4 is 20.5 Å². The van der Waals surface area contributed by atoms with Crippen LogP contribution in [-0.2, 0) is 14.3 Å². The van der Waals surface area contributed by atoms with Crippen LogP contribution >= 0.6 is 0 Å². The second-order valence-corrected chi connectivity index (χ2v) is 6.96. The molecule has 12 heteroatoms. The number of carbonyl (C=O) groups excluding carboxylic acids is 2. The van der Waals surface area contributed by atoms with E-state index in [4.69, 9.17) is 9.47 Å². The van der Waals surface area contributed by atoms with Crippen LogP contribution in [0.5, 0.6) is 5.75 Å². The zero-order chi connectivity index (χ0) is 22.9. The quantitative estimate of drug-likeness (QED) is 0.332. The van der Waals surface area contributed by atoms with E-state index >= 15 is 0 Å². The van der Waals surface area contributed by atoms with E-state index in [1.165, 1.54) is 0 Å². The SMILES string of the molecule is CCOC(=O)C1CCCN(c2ncnc(NNC(=O)COc3ccccc3)c2[N+](=O)[O-])C1. The highest BCUT2D eigenvalue weighted by molar-refractivity contribution is 5.80. The first-order valence-corrected chi connectivity index (χ1v) is 10.1. The van der Waals surface area contributed by atoms with Crippen molar-refractivity contribution >= 4 is 29.2 Å². The van der Waals surface area contributed by atoms with Crippen molar-refractivity contribution in [2.75, 3.05) is 36.6 Å². The first-order valence-electron chi connectivity index (χ1n) is 10.1. The van der Waals surface area contributed by atoms with E-state index in [1.807, 2.05) is 6.07 Å². The lowest BCUT2D eigenvalue weighted by atomic mass is 9.98. The summed E-state index contributed by atoms with van der Waals surface area (Å²) in [6.07, 6.45) is 2.45. The number of para-hydroxylation sites is 1. The van der Waals surface area contributed by atoms with Crippen LogP contribution in [0, 0.1) is 16.0 Å². The Morgan fingerprint density at radius 3 is 2.78 bits per heavy atom. The summed E-state index contributed by atoms with van der Waals surface area (Å²) in [6, 6.07) is 8.75. The van der Waals surface area contributed by atoms with Crippen molar-refractivity contribution in [3.8, 4) is 5.75 Å². The van der Waals surface area contributed by atoms with Gasteiger partial charge in [0, 0.05) is 13.1 Å². The van der Waals surface area contributed by atoms with Gasteiger partial charge in [-0.2, -0.15) is 0 Å². The number of carbonyl (C=O) groups is 2. The largest absolute Gasteiger partial charge is 0.484 e. The molecule has 2 aromatic rings. The van der Waals surface area contributed by atoms with Gasteiger partial charge >= 0.3 is 11.7 Å². The number of nitro groups is 1. The average molecular weight is 444 g/mol. The molecule has 0 saturated carbocycles. The Balaban J connectivity index is 1.68. The fraction of sp³-hybridized carbons (Fsp3) is 0.400. The first-order chi connectivity index (χ1) is 15.5. The number of hydrogen-bond donors (Lipinski definition) is 2. The molecule has 12 nitrogen and oxygen atoms in total. The second-order valence-electron chi connectivity index (χ2n) is 6.96. The molecule has 3 rings (SSSR count). The summed E-state index contributed by atoms with van der Waals surface area (Å²) in [5.74, 6) is -0.882. The molecule has 0 aliphatic carbocycles. The van der Waals surface area contributed by atoms with Gasteiger partial charge in [-0.1, -0.05) is 18.2 Å². The number of benzene rings is 1. The van der Waals surface area contributed by atoms with E-state index in [9.17, 15) is 19.7 Å². The summed E-state index contributed by atoms with van der Waals surface area (Å²) in [5.41, 5.74) is 4.41. The Kier molecular flexibility index (Phi) is 7.73. The average Bonchev–Trinajstić information content (AvgIpc) is 2.82. The molecule has 1 aromatic carbocycles. The zero-order valence-corrected chi connectivity index (χ0v) is 17.5. The van der Waals surface area contributed by atoms with Crippen molar-refractivity contribution in [1.29, 1.82) is 0 Å². The van der Waals surface area contributed by atoms with Crippen molar-refractivity contribution in [2.24, 2.45) is 5.92 Å². The van der Waals surface area contributed by atoms with Crippen LogP contribution in [0.3, 0.4) is 0 Å². The number of ether oxygens (including phenoxy) is 2. The highest BCUT2D eigenvalue weighted by Crippen LogP contribution is 2.34. The molecule has 32 heavy (non-hydrogen) atoms. The summed E-state index contributed by atoms with van der Waals surface area (Å²) < 4.78 is 10.4. The maximum Gasteiger partial charge on any atom is 0.355 e. The molecule has 1 fully saturated rings. The van der Waals surface area contributed by atoms with Crippen LogP contribution in [-0.4, -0.2) is 53.1 Å². The van der Waals surface area contributed by atoms with Gasteiger partial charge in [-0.05, 0) is 31.9 Å². The fourth-order valence-corrected chi connectivity index (χ4v) is 3.31. The molecule has 1 unspecified atom stereocenters. The summed E-state index contributed by atoms with van der Waals surface area (Å²) in [6.45, 7) is 2.43. The van der Waals surface area contributed by atoms with Gasteiger partial charge in [-0.15, -0.1) is 0 Å². The van der Waals surface area contributed by atoms with Crippen LogP contribution in [0.15, 0.2) is 36.7 Å². The van der Waals surface area contributed by atoms with E-state index in [0.717, 1.165) is 6.33 Å². The lowest BCUT2D eigenvalue weighted by molar-refractivity contribution is -0.383. The number of piperidine rings is 1. The molecular weight excluding hydrogens is 420 g/mol. The molecule has 1 aromatic heterocycles. The Morgan fingerprint density at radius 2 is 2.06 bits per heavy atom. The lowest BCUT2D eigenvalue weighted by Gasteiger charge is -2.32. The molecule has 1 aliphatic rings. The van der Waals surface area contributed by atoms with Gasteiger partial charge in [0.2, 0.25) is 11.6 Å². The predicted octanol–water partition coefficient (Wildman–Crippen LogP) is 1.69. The molecule has 0 spiro atoms. The molecule has 170 valence electrons. The van der Waals surface area contributed by atoms with Crippen LogP contribution in [0.25, 0.3) is 0 Å². The van der Waals surface area contributed by atoms with Crippen LogP contribution in [0.4, 0.5) is 17.3 Å². The van der Waals surface area contributed by atoms with E-state index in [2.05, 4.69) is 20.8 Å². The standard InChI is InChI=1S/C20H24N6O6/c1-2-31-20(28)14-7-6-10-25(11-14)19-17(26(29)30)18(21-13-22-19)24-23-16(27)12-32-15-8-4-3-5-9-15/h3-5,8-9,13-14H,2,6-7,10-12H2,1H3,(H,23,27)(H,21,22,24). The van der Waals surface area contributed by atoms with Crippen molar-refractivity contribution in [2.45, 2.75) is 19.8 Å². The summed E-state index contributed by atoms with van der Waals surface area (Å²) in [5, 5.41) is 11.8. The van der Waals surface area contributed by atoms with Gasteiger partial charge in [0.15, 0.2) is 6.61 Å². The fourth-order valence-electron chi connectivity index (χ4n) is 3.31. The van der Waals surface area contributed by atoms with Crippen molar-refractivity contribution in [1.82, 2.24) is 15.4 Å². The molecule has 1 saturated heterocycles. The van der Waals surface area contributed by atoms with Gasteiger partial charge in [-0.3, -0.25) is 30.6 Å². The number of nitrogens with zero attached hydrogens (tertiary/aromatic N) is 4. The molecule has 2 N–H and O–H groups in total. The molecule has 2 heterocycles. The molecule has 1 amide bonds. The summed E-state index contributed by atoms with van der Waals surface area (Å²) in [4.78, 5) is 45.0. The highest BCUT2D eigenvalue weighted by Gasteiger charge is 2.33. The molecule has 0 radical (unpaired) electrons. The maximum absolute atomic E-state index is 12.1. The van der Waals surface area contributed by atoms with Gasteiger partial charge in [0.25, 0.3) is 5.91 Å². The number of hydrazine groups is 1. The molecular formula is C20H24N6O6. The Hall–Kier alpha value is -3.96. The van der Waals surface area contributed by atoms with Crippen molar-refractivity contribution < 1.29 is 24.0 Å². The van der Waals surface area contributed by atoms with Gasteiger partial charge < -0.3 is 14.4 Å². The van der Waals surface area contributed by atoms with E-state index in [0.29, 0.717) is 25.1 Å². The monoisotopic (exact) mass is 444 g/mol. The summed E-state index contributed by atoms with van der Waals surface area (Å²) in [7, 11) is 0. The number of anilines is 2. The van der Waals surface area contributed by atoms with E-state index in [1.54, 1.807) is 36.1 Å². The van der Waals surface area contributed by atoms with Gasteiger partial charge in [0.05, 0.1) is 17.4 Å². The number of hydrogen-bond acceptors (Lipinski definition) is 10. The number of amides is 1. The first kappa shape index (κ1) is 22.7. The Bertz CT molecular complexity index is 957. The summed E-state index contributed by atoms with van der Waals surface area (Å²) >= 11 is 0. The Morgan fingerprint density at radius 1 is 1.28 bits per heavy atom. The van der Waals surface area contributed by atoms with Crippen LogP contribution in [0.1, 0.15) is 19.8 Å². The highest BCUT2D eigenvalue weighted by atomic mass is 16.6. The Labute approximate surface area is 184 Å². The normalized spacial score (nSPS) is 15.5. The molecule has 1 aliphatic heterocycles. The molecule has 0 bridgehead atoms. The third-order valence-corrected chi connectivity index (χ3v) is 4.76. The number of aromatic nitrogens is 2. The molecule has 1 atom stereocenters. The number of nitrogens with one attached hydrogen (secondary N) is 2. The van der Waals surface area contributed by atoms with E-state index < -0.39 is 22.4 Å². The maximum atomic E-state index is 12.1. The minimum Gasteiger partial charge on any atom is -0.484 e.